The Morgan fingerprint density at radius 1 is 0.918 bits per heavy atom. The Hall–Kier alpha value is -3.70. The number of aliphatic hydroxyl groups is 1. The van der Waals surface area contributed by atoms with Crippen molar-refractivity contribution in [3.63, 3.8) is 0 Å². The number of H-pyrrole nitrogens is 1. The van der Waals surface area contributed by atoms with Crippen LogP contribution in [0.1, 0.15) is 19.4 Å². The number of imidazole rings is 3. The number of nitrogen functional groups attached to an aromatic ring is 1. The number of anilines is 1. The molecular formula is C24H28N10O13P2. The monoisotopic (exact) mass is 726 g/mol. The van der Waals surface area contributed by atoms with E-state index in [2.05, 4.69) is 29.9 Å². The molecule has 5 aromatic rings. The highest BCUT2D eigenvalue weighted by Crippen LogP contribution is 2.54. The Labute approximate surface area is 272 Å². The summed E-state index contributed by atoms with van der Waals surface area (Å²) in [7, 11) is -10.1. The van der Waals surface area contributed by atoms with Crippen LogP contribution in [0.15, 0.2) is 36.2 Å². The van der Waals surface area contributed by atoms with Crippen molar-refractivity contribution >= 4 is 49.6 Å². The first-order valence-corrected chi connectivity index (χ1v) is 17.7. The Morgan fingerprint density at radius 2 is 1.59 bits per heavy atom. The van der Waals surface area contributed by atoms with Gasteiger partial charge in [-0.15, -0.1) is 0 Å². The molecule has 0 amide bonds. The normalized spacial score (nSPS) is 35.8. The minimum Gasteiger partial charge on any atom is -0.386 e. The Bertz CT molecular complexity index is 2210. The third kappa shape index (κ3) is 5.66. The molecule has 23 nitrogen and oxygen atoms in total. The molecule has 0 saturated carbocycles. The zero-order chi connectivity index (χ0) is 34.2. The summed E-state index contributed by atoms with van der Waals surface area (Å²) in [5.74, 6) is -0.242. The lowest BCUT2D eigenvalue weighted by molar-refractivity contribution is -0.0677. The summed E-state index contributed by atoms with van der Waals surface area (Å²) in [5, 5.41) is 11.3. The third-order valence-electron chi connectivity index (χ3n) is 8.22. The summed E-state index contributed by atoms with van der Waals surface area (Å²) in [6, 6.07) is 0. The number of phosphoric ester groups is 2. The molecule has 0 radical (unpaired) electrons. The van der Waals surface area contributed by atoms with E-state index in [1.807, 2.05) is 0 Å². The largest absolute Gasteiger partial charge is 0.472 e. The number of nitrogens with zero attached hydrogens (tertiary/aromatic N) is 8. The SMILES string of the molecule is CCO[C@@H]1C2OP(=O)(O)OC[C@H]3O[C@@H](n4cnc5c4ncn4ccnc54)[C@@H](O)C3OP(=O)(O)OC[C@H]1O[C@H]2n1cnc2c(=O)[nH]c(N)nc21. The molecule has 5 aromatic heterocycles. The number of fused-ring (bicyclic) bond motifs is 7. The molecule has 3 aliphatic rings. The van der Waals surface area contributed by atoms with Crippen LogP contribution in [0.5, 0.6) is 0 Å². The number of aromatic amines is 1. The number of nitrogens with two attached hydrogens (primary N) is 1. The van der Waals surface area contributed by atoms with Crippen molar-refractivity contribution < 1.29 is 56.3 Å². The zero-order valence-corrected chi connectivity index (χ0v) is 26.9. The smallest absolute Gasteiger partial charge is 0.386 e. The van der Waals surface area contributed by atoms with E-state index in [1.165, 1.54) is 28.1 Å². The first-order chi connectivity index (χ1) is 23.4. The summed E-state index contributed by atoms with van der Waals surface area (Å²) >= 11 is 0. The fourth-order valence-electron chi connectivity index (χ4n) is 6.15. The van der Waals surface area contributed by atoms with Gasteiger partial charge in [0.15, 0.2) is 40.4 Å². The standard InChI is InChI=1S/C24H28N10O13P2/c1-2-41-16-11-6-43-48(37,38)46-15-10(44-22(14(15)35)33-8-27-12-18-26-3-4-32(18)7-29-19(12)33)5-42-49(39,40)47-17(16)23(45-11)34-9-28-13-20(34)30-24(25)31-21(13)36/h3-4,7-11,14-17,22-23,35H,2,5-6H2,1H3,(H,37,38)(H,39,40)(H3,25,30,31,36)/t10-,11-,14+,15?,16+,17?,22-,23-/m1/s1. The quantitative estimate of drug-likeness (QED) is 0.144. The molecule has 2 bridgehead atoms. The molecule has 0 aliphatic carbocycles. The van der Waals surface area contributed by atoms with Gasteiger partial charge in [-0.1, -0.05) is 0 Å². The van der Waals surface area contributed by atoms with E-state index in [9.17, 15) is 28.8 Å². The van der Waals surface area contributed by atoms with Crippen molar-refractivity contribution in [1.82, 2.24) is 43.4 Å². The van der Waals surface area contributed by atoms with Gasteiger partial charge in [0, 0.05) is 19.0 Å². The highest BCUT2D eigenvalue weighted by atomic mass is 31.2. The molecule has 8 rings (SSSR count). The van der Waals surface area contributed by atoms with Crippen LogP contribution in [0, 0.1) is 0 Å². The van der Waals surface area contributed by atoms with Crippen LogP contribution in [0.3, 0.4) is 0 Å². The molecule has 0 spiro atoms. The van der Waals surface area contributed by atoms with Gasteiger partial charge in [-0.05, 0) is 6.92 Å². The predicted octanol–water partition coefficient (Wildman–Crippen LogP) is -0.627. The second-order valence-electron chi connectivity index (χ2n) is 11.2. The van der Waals surface area contributed by atoms with E-state index in [0.717, 1.165) is 0 Å². The molecular weight excluding hydrogens is 698 g/mol. The number of aromatic nitrogens is 9. The number of ether oxygens (including phenoxy) is 3. The minimum atomic E-state index is -5.06. The van der Waals surface area contributed by atoms with Crippen molar-refractivity contribution in [3.05, 3.63) is 41.7 Å². The van der Waals surface area contributed by atoms with Crippen molar-refractivity contribution in [1.29, 1.82) is 0 Å². The van der Waals surface area contributed by atoms with Crippen LogP contribution in [0.4, 0.5) is 5.95 Å². The van der Waals surface area contributed by atoms with Gasteiger partial charge in [0.05, 0.1) is 25.9 Å². The van der Waals surface area contributed by atoms with E-state index in [4.69, 9.17) is 38.0 Å². The molecule has 262 valence electrons. The summed E-state index contributed by atoms with van der Waals surface area (Å²) in [6.45, 7) is 0.237. The maximum Gasteiger partial charge on any atom is 0.472 e. The Morgan fingerprint density at radius 3 is 2.35 bits per heavy atom. The van der Waals surface area contributed by atoms with Gasteiger partial charge < -0.3 is 34.8 Å². The topological polar surface area (TPSA) is 297 Å². The lowest BCUT2D eigenvalue weighted by Crippen LogP contribution is -2.38. The zero-order valence-electron chi connectivity index (χ0n) is 25.1. The highest BCUT2D eigenvalue weighted by Gasteiger charge is 2.54. The number of hydrogen-bond acceptors (Lipinski definition) is 17. The van der Waals surface area contributed by atoms with Gasteiger partial charge in [-0.2, -0.15) is 4.98 Å². The van der Waals surface area contributed by atoms with Gasteiger partial charge >= 0.3 is 15.6 Å². The lowest BCUT2D eigenvalue weighted by Gasteiger charge is -2.26. The highest BCUT2D eigenvalue weighted by molar-refractivity contribution is 7.47. The molecule has 8 heterocycles. The van der Waals surface area contributed by atoms with Crippen LogP contribution in [-0.2, 0) is 41.4 Å². The van der Waals surface area contributed by atoms with Crippen molar-refractivity contribution in [2.75, 3.05) is 25.6 Å². The molecule has 3 aliphatic heterocycles. The Balaban J connectivity index is 1.13. The van der Waals surface area contributed by atoms with Gasteiger partial charge in [0.25, 0.3) is 5.56 Å². The lowest BCUT2D eigenvalue weighted by atomic mass is 10.1. The number of aliphatic hydroxyl groups excluding tert-OH is 1. The minimum absolute atomic E-state index is 0.0476. The molecule has 10 atom stereocenters. The van der Waals surface area contributed by atoms with Gasteiger partial charge in [0.1, 0.15) is 43.0 Å². The van der Waals surface area contributed by atoms with E-state index >= 15 is 0 Å². The van der Waals surface area contributed by atoms with Gasteiger partial charge in [-0.3, -0.25) is 41.4 Å². The number of rotatable bonds is 4. The average molecular weight is 726 g/mol. The van der Waals surface area contributed by atoms with Crippen LogP contribution < -0.4 is 11.3 Å². The molecule has 25 heteroatoms. The fourth-order valence-corrected chi connectivity index (χ4v) is 8.04. The van der Waals surface area contributed by atoms with E-state index in [1.54, 1.807) is 23.7 Å². The third-order valence-corrected chi connectivity index (χ3v) is 10.2. The van der Waals surface area contributed by atoms with Crippen molar-refractivity contribution in [3.8, 4) is 0 Å². The average Bonchev–Trinajstić information content (AvgIpc) is 3.87. The summed E-state index contributed by atoms with van der Waals surface area (Å²) in [4.78, 5) is 57.6. The van der Waals surface area contributed by atoms with E-state index in [-0.39, 0.29) is 29.4 Å². The molecule has 4 unspecified atom stereocenters. The maximum absolute atomic E-state index is 13.5. The molecule has 49 heavy (non-hydrogen) atoms. The molecule has 3 fully saturated rings. The number of hydrogen-bond donors (Lipinski definition) is 5. The van der Waals surface area contributed by atoms with Crippen molar-refractivity contribution in [2.24, 2.45) is 0 Å². The first kappa shape index (κ1) is 32.5. The molecule has 6 N–H and O–H groups in total. The predicted molar refractivity (Wildman–Crippen MR) is 159 cm³/mol. The fraction of sp³-hybridized carbons (Fsp3) is 0.500. The molecule has 0 aromatic carbocycles. The summed E-state index contributed by atoms with van der Waals surface area (Å²) < 4.78 is 70.6. The second kappa shape index (κ2) is 12.0. The van der Waals surface area contributed by atoms with Crippen LogP contribution in [0.25, 0.3) is 28.0 Å². The van der Waals surface area contributed by atoms with Crippen LogP contribution in [-0.4, -0.2) is 115 Å². The summed E-state index contributed by atoms with van der Waals surface area (Å²) in [6.07, 6.45) is -4.09. The van der Waals surface area contributed by atoms with E-state index in [0.29, 0.717) is 11.2 Å². The Kier molecular flexibility index (Phi) is 7.94. The van der Waals surface area contributed by atoms with Crippen LogP contribution >= 0.6 is 15.6 Å². The first-order valence-electron chi connectivity index (χ1n) is 14.7. The van der Waals surface area contributed by atoms with Gasteiger partial charge in [0.2, 0.25) is 5.95 Å². The van der Waals surface area contributed by atoms with Crippen LogP contribution in [0.2, 0.25) is 0 Å². The number of nitrogens with one attached hydrogen (secondary N) is 1. The number of phosphoric acid groups is 2. The maximum atomic E-state index is 13.5. The second-order valence-corrected chi connectivity index (χ2v) is 14.0. The molecule has 3 saturated heterocycles. The van der Waals surface area contributed by atoms with Gasteiger partial charge in [-0.25, -0.2) is 29.1 Å². The summed E-state index contributed by atoms with van der Waals surface area (Å²) in [5.41, 5.74) is 6.00. The van der Waals surface area contributed by atoms with Crippen molar-refractivity contribution in [2.45, 2.75) is 56.0 Å². The van der Waals surface area contributed by atoms with E-state index < -0.39 is 83.5 Å².